The summed E-state index contributed by atoms with van der Waals surface area (Å²) in [6, 6.07) is 5.65. The van der Waals surface area contributed by atoms with Gasteiger partial charge >= 0.3 is 0 Å². The standard InChI is InChI=1S/C13H19Cl2NO2/c1-18-8-6-16(5-2-7-17)10-11-3-4-12(14)13(15)9-11/h3-4,9,17H,2,5-8,10H2,1H3. The fourth-order valence-electron chi connectivity index (χ4n) is 1.68. The van der Waals surface area contributed by atoms with E-state index in [0.717, 1.165) is 31.6 Å². The molecule has 3 nitrogen and oxygen atoms in total. The minimum absolute atomic E-state index is 0.199. The second kappa shape index (κ2) is 8.73. The number of benzene rings is 1. The van der Waals surface area contributed by atoms with Crippen molar-refractivity contribution >= 4 is 23.2 Å². The zero-order valence-electron chi connectivity index (χ0n) is 10.5. The van der Waals surface area contributed by atoms with Gasteiger partial charge in [0.2, 0.25) is 0 Å². The van der Waals surface area contributed by atoms with Gasteiger partial charge in [-0.05, 0) is 24.1 Å². The lowest BCUT2D eigenvalue weighted by Gasteiger charge is -2.21. The molecule has 1 N–H and O–H groups in total. The summed E-state index contributed by atoms with van der Waals surface area (Å²) >= 11 is 11.9. The second-order valence-corrected chi connectivity index (χ2v) is 4.91. The highest BCUT2D eigenvalue weighted by molar-refractivity contribution is 6.42. The summed E-state index contributed by atoms with van der Waals surface area (Å²) in [6.07, 6.45) is 0.755. The van der Waals surface area contributed by atoms with E-state index in [9.17, 15) is 0 Å². The number of hydrogen-bond acceptors (Lipinski definition) is 3. The van der Waals surface area contributed by atoms with Crippen LogP contribution in [0.2, 0.25) is 10.0 Å². The van der Waals surface area contributed by atoms with Gasteiger partial charge in [0.15, 0.2) is 0 Å². The lowest BCUT2D eigenvalue weighted by Crippen LogP contribution is -2.28. The maximum Gasteiger partial charge on any atom is 0.0595 e. The van der Waals surface area contributed by atoms with Crippen LogP contribution < -0.4 is 0 Å². The molecule has 0 amide bonds. The fourth-order valence-corrected chi connectivity index (χ4v) is 2.00. The number of hydrogen-bond donors (Lipinski definition) is 1. The molecule has 0 radical (unpaired) electrons. The van der Waals surface area contributed by atoms with Crippen molar-refractivity contribution in [3.05, 3.63) is 33.8 Å². The highest BCUT2D eigenvalue weighted by Gasteiger charge is 2.07. The van der Waals surface area contributed by atoms with Crippen LogP contribution in [0.15, 0.2) is 18.2 Å². The Morgan fingerprint density at radius 2 is 2.00 bits per heavy atom. The van der Waals surface area contributed by atoms with Crippen LogP contribution in [0.5, 0.6) is 0 Å². The van der Waals surface area contributed by atoms with Crippen molar-refractivity contribution in [1.29, 1.82) is 0 Å². The first-order valence-electron chi connectivity index (χ1n) is 5.93. The molecule has 0 aliphatic heterocycles. The molecule has 0 unspecified atom stereocenters. The smallest absolute Gasteiger partial charge is 0.0595 e. The van der Waals surface area contributed by atoms with Crippen LogP contribution in [0.1, 0.15) is 12.0 Å². The van der Waals surface area contributed by atoms with Gasteiger partial charge in [-0.1, -0.05) is 29.3 Å². The van der Waals surface area contributed by atoms with Crippen molar-refractivity contribution in [2.75, 3.05) is 33.4 Å². The van der Waals surface area contributed by atoms with Crippen molar-refractivity contribution in [2.45, 2.75) is 13.0 Å². The quantitative estimate of drug-likeness (QED) is 0.799. The Hall–Kier alpha value is -0.320. The van der Waals surface area contributed by atoms with Gasteiger partial charge in [0.1, 0.15) is 0 Å². The van der Waals surface area contributed by atoms with Gasteiger partial charge in [-0.2, -0.15) is 0 Å². The highest BCUT2D eigenvalue weighted by Crippen LogP contribution is 2.23. The van der Waals surface area contributed by atoms with Crippen molar-refractivity contribution in [3.63, 3.8) is 0 Å². The topological polar surface area (TPSA) is 32.7 Å². The van der Waals surface area contributed by atoms with Crippen LogP contribution in [-0.4, -0.2) is 43.4 Å². The summed E-state index contributed by atoms with van der Waals surface area (Å²) in [5.41, 5.74) is 1.11. The molecule has 102 valence electrons. The molecule has 18 heavy (non-hydrogen) atoms. The third-order valence-electron chi connectivity index (χ3n) is 2.63. The Balaban J connectivity index is 2.59. The normalized spacial score (nSPS) is 11.2. The molecule has 0 atom stereocenters. The van der Waals surface area contributed by atoms with Crippen LogP contribution in [0.25, 0.3) is 0 Å². The zero-order chi connectivity index (χ0) is 13.4. The summed E-state index contributed by atoms with van der Waals surface area (Å²) in [5.74, 6) is 0. The minimum Gasteiger partial charge on any atom is -0.396 e. The Labute approximate surface area is 118 Å². The number of halogens is 2. The van der Waals surface area contributed by atoms with Crippen LogP contribution in [0.4, 0.5) is 0 Å². The van der Waals surface area contributed by atoms with Crippen LogP contribution in [0, 0.1) is 0 Å². The lowest BCUT2D eigenvalue weighted by molar-refractivity contribution is 0.137. The van der Waals surface area contributed by atoms with E-state index in [2.05, 4.69) is 4.90 Å². The summed E-state index contributed by atoms with van der Waals surface area (Å²) in [4.78, 5) is 2.22. The predicted octanol–water partition coefficient (Wildman–Crippen LogP) is 2.82. The average molecular weight is 292 g/mol. The van der Waals surface area contributed by atoms with E-state index in [1.807, 2.05) is 12.1 Å². The Bertz CT molecular complexity index is 353. The van der Waals surface area contributed by atoms with Gasteiger partial charge in [0.05, 0.1) is 16.7 Å². The molecule has 0 aliphatic carbocycles. The molecule has 0 aliphatic rings. The number of rotatable bonds is 8. The van der Waals surface area contributed by atoms with E-state index in [-0.39, 0.29) is 6.61 Å². The number of nitrogens with zero attached hydrogens (tertiary/aromatic N) is 1. The molecule has 5 heteroatoms. The van der Waals surface area contributed by atoms with Gasteiger partial charge in [-0.3, -0.25) is 4.90 Å². The number of ether oxygens (including phenoxy) is 1. The first-order valence-corrected chi connectivity index (χ1v) is 6.69. The first kappa shape index (κ1) is 15.7. The molecule has 0 saturated carbocycles. The molecular formula is C13H19Cl2NO2. The lowest BCUT2D eigenvalue weighted by atomic mass is 10.2. The van der Waals surface area contributed by atoms with Gasteiger partial charge in [0.25, 0.3) is 0 Å². The van der Waals surface area contributed by atoms with Gasteiger partial charge in [-0.25, -0.2) is 0 Å². The van der Waals surface area contributed by atoms with E-state index < -0.39 is 0 Å². The van der Waals surface area contributed by atoms with Crippen LogP contribution in [0.3, 0.4) is 0 Å². The number of aliphatic hydroxyl groups is 1. The monoisotopic (exact) mass is 291 g/mol. The molecule has 0 fully saturated rings. The maximum atomic E-state index is 8.89. The molecule has 1 aromatic rings. The first-order chi connectivity index (χ1) is 8.67. The Kier molecular flexibility index (Phi) is 7.63. The van der Waals surface area contributed by atoms with Crippen LogP contribution >= 0.6 is 23.2 Å². The van der Waals surface area contributed by atoms with Crippen molar-refractivity contribution in [3.8, 4) is 0 Å². The largest absolute Gasteiger partial charge is 0.396 e. The predicted molar refractivity (Wildman–Crippen MR) is 75.3 cm³/mol. The van der Waals surface area contributed by atoms with E-state index in [0.29, 0.717) is 16.7 Å². The summed E-state index contributed by atoms with van der Waals surface area (Å²) in [7, 11) is 1.68. The molecule has 1 rings (SSSR count). The van der Waals surface area contributed by atoms with Crippen molar-refractivity contribution < 1.29 is 9.84 Å². The highest BCUT2D eigenvalue weighted by atomic mass is 35.5. The molecular weight excluding hydrogens is 273 g/mol. The molecule has 0 bridgehead atoms. The van der Waals surface area contributed by atoms with E-state index in [4.69, 9.17) is 33.0 Å². The molecule has 0 spiro atoms. The number of methoxy groups -OCH3 is 1. The third kappa shape index (κ3) is 5.55. The van der Waals surface area contributed by atoms with Crippen LogP contribution in [-0.2, 0) is 11.3 Å². The summed E-state index contributed by atoms with van der Waals surface area (Å²) in [5, 5.41) is 10.0. The average Bonchev–Trinajstić information content (AvgIpc) is 2.37. The van der Waals surface area contributed by atoms with Crippen molar-refractivity contribution in [1.82, 2.24) is 4.90 Å². The SMILES string of the molecule is COCCN(CCCO)Cc1ccc(Cl)c(Cl)c1. The summed E-state index contributed by atoms with van der Waals surface area (Å²) in [6.45, 7) is 3.31. The summed E-state index contributed by atoms with van der Waals surface area (Å²) < 4.78 is 5.08. The van der Waals surface area contributed by atoms with Gasteiger partial charge in [0, 0.05) is 33.4 Å². The Morgan fingerprint density at radius 1 is 1.22 bits per heavy atom. The zero-order valence-corrected chi connectivity index (χ0v) is 12.0. The van der Waals surface area contributed by atoms with E-state index in [1.165, 1.54) is 0 Å². The van der Waals surface area contributed by atoms with E-state index in [1.54, 1.807) is 13.2 Å². The van der Waals surface area contributed by atoms with Gasteiger partial charge in [-0.15, -0.1) is 0 Å². The molecule has 0 heterocycles. The number of aliphatic hydroxyl groups excluding tert-OH is 1. The minimum atomic E-state index is 0.199. The Morgan fingerprint density at radius 3 is 2.61 bits per heavy atom. The fraction of sp³-hybridized carbons (Fsp3) is 0.538. The maximum absolute atomic E-state index is 8.89. The third-order valence-corrected chi connectivity index (χ3v) is 3.37. The van der Waals surface area contributed by atoms with Crippen molar-refractivity contribution in [2.24, 2.45) is 0 Å². The van der Waals surface area contributed by atoms with E-state index >= 15 is 0 Å². The second-order valence-electron chi connectivity index (χ2n) is 4.09. The molecule has 1 aromatic carbocycles. The molecule has 0 aromatic heterocycles. The van der Waals surface area contributed by atoms with Gasteiger partial charge < -0.3 is 9.84 Å². The molecule has 0 saturated heterocycles.